The van der Waals surface area contributed by atoms with Crippen LogP contribution in [0.4, 0.5) is 5.69 Å². The van der Waals surface area contributed by atoms with E-state index in [1.165, 1.54) is 11.1 Å². The number of hydrogen-bond acceptors (Lipinski definition) is 2. The molecule has 0 spiro atoms. The molecule has 0 radical (unpaired) electrons. The van der Waals surface area contributed by atoms with Crippen LogP contribution < -0.4 is 5.32 Å². The standard InChI is InChI=1S/C16H16ClNO/c17-13-5-7-14(8-6-13)18-11-16-15-4-2-1-3-12(15)9-10-19-16/h1-8,16,18H,9-11H2. The number of rotatable bonds is 3. The highest BCUT2D eigenvalue weighted by atomic mass is 35.5. The summed E-state index contributed by atoms with van der Waals surface area (Å²) in [6.45, 7) is 1.57. The Bertz CT molecular complexity index is 553. The van der Waals surface area contributed by atoms with E-state index < -0.39 is 0 Å². The molecule has 1 atom stereocenters. The average Bonchev–Trinajstić information content (AvgIpc) is 2.47. The fourth-order valence-corrected chi connectivity index (χ4v) is 2.55. The van der Waals surface area contributed by atoms with Gasteiger partial charge in [0.05, 0.1) is 12.7 Å². The highest BCUT2D eigenvalue weighted by molar-refractivity contribution is 6.30. The molecular weight excluding hydrogens is 258 g/mol. The van der Waals surface area contributed by atoms with Crippen LogP contribution >= 0.6 is 11.6 Å². The fraction of sp³-hybridized carbons (Fsp3) is 0.250. The monoisotopic (exact) mass is 273 g/mol. The van der Waals surface area contributed by atoms with E-state index in [0.717, 1.165) is 30.3 Å². The maximum Gasteiger partial charge on any atom is 0.0999 e. The van der Waals surface area contributed by atoms with Crippen LogP contribution in [0.1, 0.15) is 17.2 Å². The summed E-state index contributed by atoms with van der Waals surface area (Å²) in [6, 6.07) is 16.2. The SMILES string of the molecule is Clc1ccc(NCC2OCCc3ccccc32)cc1. The smallest absolute Gasteiger partial charge is 0.0999 e. The predicted octanol–water partition coefficient (Wildman–Crippen LogP) is 4.07. The van der Waals surface area contributed by atoms with Crippen molar-refractivity contribution in [3.05, 3.63) is 64.7 Å². The van der Waals surface area contributed by atoms with Gasteiger partial charge < -0.3 is 10.1 Å². The maximum absolute atomic E-state index is 5.87. The van der Waals surface area contributed by atoms with Crippen molar-refractivity contribution in [3.63, 3.8) is 0 Å². The van der Waals surface area contributed by atoms with E-state index in [1.807, 2.05) is 24.3 Å². The van der Waals surface area contributed by atoms with Crippen LogP contribution in [0.15, 0.2) is 48.5 Å². The van der Waals surface area contributed by atoms with E-state index in [0.29, 0.717) is 0 Å². The first-order valence-corrected chi connectivity index (χ1v) is 6.89. The second-order valence-electron chi connectivity index (χ2n) is 4.70. The van der Waals surface area contributed by atoms with Crippen LogP contribution in [-0.2, 0) is 11.2 Å². The number of hydrogen-bond donors (Lipinski definition) is 1. The van der Waals surface area contributed by atoms with Gasteiger partial charge in [0.2, 0.25) is 0 Å². The van der Waals surface area contributed by atoms with Gasteiger partial charge in [0.1, 0.15) is 0 Å². The van der Waals surface area contributed by atoms with Crippen molar-refractivity contribution in [2.24, 2.45) is 0 Å². The van der Waals surface area contributed by atoms with Crippen molar-refractivity contribution in [2.45, 2.75) is 12.5 Å². The molecule has 0 saturated heterocycles. The number of ether oxygens (including phenoxy) is 1. The van der Waals surface area contributed by atoms with Gasteiger partial charge in [-0.1, -0.05) is 35.9 Å². The van der Waals surface area contributed by atoms with E-state index in [4.69, 9.17) is 16.3 Å². The van der Waals surface area contributed by atoms with Gasteiger partial charge in [-0.2, -0.15) is 0 Å². The Hall–Kier alpha value is -1.51. The molecule has 0 fully saturated rings. The third-order valence-corrected chi connectivity index (χ3v) is 3.68. The lowest BCUT2D eigenvalue weighted by atomic mass is 9.97. The number of halogens is 1. The van der Waals surface area contributed by atoms with Gasteiger partial charge in [-0.3, -0.25) is 0 Å². The summed E-state index contributed by atoms with van der Waals surface area (Å²) in [5.41, 5.74) is 3.77. The number of nitrogens with one attached hydrogen (secondary N) is 1. The van der Waals surface area contributed by atoms with E-state index in [1.54, 1.807) is 0 Å². The normalized spacial score (nSPS) is 17.8. The van der Waals surface area contributed by atoms with Crippen LogP contribution in [0.2, 0.25) is 5.02 Å². The van der Waals surface area contributed by atoms with E-state index in [-0.39, 0.29) is 6.10 Å². The van der Waals surface area contributed by atoms with Crippen molar-refractivity contribution in [3.8, 4) is 0 Å². The lowest BCUT2D eigenvalue weighted by Crippen LogP contribution is -2.22. The molecule has 0 bridgehead atoms. The topological polar surface area (TPSA) is 21.3 Å². The van der Waals surface area contributed by atoms with Crippen LogP contribution in [0, 0.1) is 0 Å². The molecule has 98 valence electrons. The number of anilines is 1. The first kappa shape index (κ1) is 12.5. The summed E-state index contributed by atoms with van der Waals surface area (Å²) in [4.78, 5) is 0. The summed E-state index contributed by atoms with van der Waals surface area (Å²) < 4.78 is 5.86. The largest absolute Gasteiger partial charge is 0.382 e. The minimum atomic E-state index is 0.126. The van der Waals surface area contributed by atoms with Gasteiger partial charge >= 0.3 is 0 Å². The lowest BCUT2D eigenvalue weighted by Gasteiger charge is -2.26. The average molecular weight is 274 g/mol. The highest BCUT2D eigenvalue weighted by Gasteiger charge is 2.19. The van der Waals surface area contributed by atoms with Crippen LogP contribution in [0.25, 0.3) is 0 Å². The van der Waals surface area contributed by atoms with Crippen molar-refractivity contribution in [2.75, 3.05) is 18.5 Å². The van der Waals surface area contributed by atoms with E-state index >= 15 is 0 Å². The van der Waals surface area contributed by atoms with E-state index in [2.05, 4.69) is 29.6 Å². The summed E-state index contributed by atoms with van der Waals surface area (Å²) in [6.07, 6.45) is 1.13. The molecular formula is C16H16ClNO. The second-order valence-corrected chi connectivity index (χ2v) is 5.13. The molecule has 3 heteroatoms. The first-order valence-electron chi connectivity index (χ1n) is 6.52. The Morgan fingerprint density at radius 1 is 1.11 bits per heavy atom. The first-order chi connectivity index (χ1) is 9.33. The molecule has 1 aliphatic rings. The third kappa shape index (κ3) is 2.91. The molecule has 1 aliphatic heterocycles. The molecule has 2 aromatic carbocycles. The lowest BCUT2D eigenvalue weighted by molar-refractivity contribution is 0.0513. The van der Waals surface area contributed by atoms with Crippen molar-refractivity contribution >= 4 is 17.3 Å². The maximum atomic E-state index is 5.87. The number of benzene rings is 2. The summed E-state index contributed by atoms with van der Waals surface area (Å²) in [7, 11) is 0. The highest BCUT2D eigenvalue weighted by Crippen LogP contribution is 2.27. The molecule has 0 amide bonds. The predicted molar refractivity (Wildman–Crippen MR) is 78.8 cm³/mol. The van der Waals surface area contributed by atoms with Gasteiger partial charge in [-0.25, -0.2) is 0 Å². The Morgan fingerprint density at radius 2 is 1.89 bits per heavy atom. The molecule has 1 N–H and O–H groups in total. The van der Waals surface area contributed by atoms with Gasteiger partial charge in [-0.15, -0.1) is 0 Å². The van der Waals surface area contributed by atoms with Crippen LogP contribution in [0.3, 0.4) is 0 Å². The zero-order valence-corrected chi connectivity index (χ0v) is 11.4. The van der Waals surface area contributed by atoms with Gasteiger partial charge in [-0.05, 0) is 41.8 Å². The molecule has 0 aromatic heterocycles. The summed E-state index contributed by atoms with van der Waals surface area (Å²) in [5, 5.41) is 4.15. The Kier molecular flexibility index (Phi) is 3.72. The van der Waals surface area contributed by atoms with Crippen LogP contribution in [-0.4, -0.2) is 13.2 Å². The minimum Gasteiger partial charge on any atom is -0.382 e. The summed E-state index contributed by atoms with van der Waals surface area (Å²) >= 11 is 5.87. The van der Waals surface area contributed by atoms with Crippen molar-refractivity contribution in [1.82, 2.24) is 0 Å². The molecule has 1 unspecified atom stereocenters. The van der Waals surface area contributed by atoms with Gasteiger partial charge in [0.25, 0.3) is 0 Å². The molecule has 19 heavy (non-hydrogen) atoms. The van der Waals surface area contributed by atoms with Gasteiger partial charge in [0.15, 0.2) is 0 Å². The molecule has 1 heterocycles. The van der Waals surface area contributed by atoms with Gasteiger partial charge in [0, 0.05) is 17.3 Å². The molecule has 2 aromatic rings. The van der Waals surface area contributed by atoms with Crippen molar-refractivity contribution < 1.29 is 4.74 Å². The quantitative estimate of drug-likeness (QED) is 0.910. The van der Waals surface area contributed by atoms with E-state index in [9.17, 15) is 0 Å². The number of fused-ring (bicyclic) bond motifs is 1. The van der Waals surface area contributed by atoms with Crippen molar-refractivity contribution in [1.29, 1.82) is 0 Å². The summed E-state index contributed by atoms with van der Waals surface area (Å²) in [5.74, 6) is 0. The Morgan fingerprint density at radius 3 is 2.74 bits per heavy atom. The molecule has 0 saturated carbocycles. The Balaban J connectivity index is 1.69. The molecule has 3 rings (SSSR count). The zero-order chi connectivity index (χ0) is 13.1. The second kappa shape index (κ2) is 5.64. The fourth-order valence-electron chi connectivity index (χ4n) is 2.42. The molecule has 0 aliphatic carbocycles. The minimum absolute atomic E-state index is 0.126. The van der Waals surface area contributed by atoms with Crippen LogP contribution in [0.5, 0.6) is 0 Å². The third-order valence-electron chi connectivity index (χ3n) is 3.43. The zero-order valence-electron chi connectivity index (χ0n) is 10.6. The Labute approximate surface area is 118 Å². The molecule has 2 nitrogen and oxygen atoms in total.